The van der Waals surface area contributed by atoms with Crippen LogP contribution in [0, 0.1) is 5.92 Å². The molecule has 0 aromatic carbocycles. The minimum atomic E-state index is 0.720. The van der Waals surface area contributed by atoms with Crippen molar-refractivity contribution >= 4 is 11.6 Å². The summed E-state index contributed by atoms with van der Waals surface area (Å²) >= 11 is 0. The summed E-state index contributed by atoms with van der Waals surface area (Å²) in [5.74, 6) is 3.13. The first-order chi connectivity index (χ1) is 10.3. The molecule has 0 radical (unpaired) electrons. The molecule has 1 saturated carbocycles. The van der Waals surface area contributed by atoms with E-state index in [1.165, 1.54) is 50.0 Å². The van der Waals surface area contributed by atoms with Gasteiger partial charge in [0, 0.05) is 24.7 Å². The fraction of sp³-hybridized carbons (Fsp3) is 0.765. The molecule has 1 aliphatic heterocycles. The summed E-state index contributed by atoms with van der Waals surface area (Å²) in [5.41, 5.74) is 1.30. The number of aromatic nitrogens is 2. The maximum Gasteiger partial charge on any atom is 0.137 e. The van der Waals surface area contributed by atoms with Crippen molar-refractivity contribution in [2.75, 3.05) is 23.3 Å². The van der Waals surface area contributed by atoms with E-state index in [0.717, 1.165) is 37.2 Å². The van der Waals surface area contributed by atoms with Gasteiger partial charge in [0.25, 0.3) is 0 Å². The van der Waals surface area contributed by atoms with Crippen molar-refractivity contribution in [3.05, 3.63) is 11.9 Å². The standard InChI is InChI=1S/C17H28N4/c1-3-10-18-16-14(4-2)17(20-12-19-16)21-11-9-13-7-5-6-8-15(13)21/h12-13,15H,3-11H2,1-2H3,(H,18,19,20). The van der Waals surface area contributed by atoms with Gasteiger partial charge in [-0.2, -0.15) is 0 Å². The summed E-state index contributed by atoms with van der Waals surface area (Å²) in [4.78, 5) is 11.7. The van der Waals surface area contributed by atoms with Gasteiger partial charge in [0.05, 0.1) is 0 Å². The molecule has 2 atom stereocenters. The van der Waals surface area contributed by atoms with Gasteiger partial charge in [-0.25, -0.2) is 9.97 Å². The molecule has 1 aromatic heterocycles. The van der Waals surface area contributed by atoms with Crippen LogP contribution in [-0.2, 0) is 6.42 Å². The molecule has 2 aliphatic rings. The summed E-state index contributed by atoms with van der Waals surface area (Å²) < 4.78 is 0. The number of hydrogen-bond donors (Lipinski definition) is 1. The summed E-state index contributed by atoms with van der Waals surface area (Å²) in [5, 5.41) is 3.47. The number of rotatable bonds is 5. The molecule has 0 bridgehead atoms. The van der Waals surface area contributed by atoms with E-state index in [2.05, 4.69) is 34.0 Å². The van der Waals surface area contributed by atoms with Crippen molar-refractivity contribution in [1.82, 2.24) is 9.97 Å². The van der Waals surface area contributed by atoms with Crippen LogP contribution in [0.5, 0.6) is 0 Å². The van der Waals surface area contributed by atoms with Gasteiger partial charge < -0.3 is 10.2 Å². The molecule has 1 aromatic rings. The average molecular weight is 288 g/mol. The summed E-state index contributed by atoms with van der Waals surface area (Å²) in [6.07, 6.45) is 10.8. The number of nitrogens with one attached hydrogen (secondary N) is 1. The number of fused-ring (bicyclic) bond motifs is 1. The molecule has 2 heterocycles. The second-order valence-electron chi connectivity index (χ2n) is 6.40. The van der Waals surface area contributed by atoms with E-state index in [4.69, 9.17) is 0 Å². The van der Waals surface area contributed by atoms with E-state index >= 15 is 0 Å². The van der Waals surface area contributed by atoms with Crippen molar-refractivity contribution in [1.29, 1.82) is 0 Å². The van der Waals surface area contributed by atoms with Crippen LogP contribution in [0.15, 0.2) is 6.33 Å². The zero-order valence-corrected chi connectivity index (χ0v) is 13.4. The molecule has 2 unspecified atom stereocenters. The lowest BCUT2D eigenvalue weighted by Crippen LogP contribution is -2.36. The quantitative estimate of drug-likeness (QED) is 0.898. The maximum absolute atomic E-state index is 4.67. The van der Waals surface area contributed by atoms with Crippen molar-refractivity contribution in [2.45, 2.75) is 64.8 Å². The Morgan fingerprint density at radius 2 is 2.05 bits per heavy atom. The van der Waals surface area contributed by atoms with Crippen LogP contribution in [0.2, 0.25) is 0 Å². The minimum Gasteiger partial charge on any atom is -0.370 e. The third kappa shape index (κ3) is 2.85. The molecule has 2 fully saturated rings. The van der Waals surface area contributed by atoms with Gasteiger partial charge in [-0.15, -0.1) is 0 Å². The van der Waals surface area contributed by atoms with Crippen molar-refractivity contribution in [3.63, 3.8) is 0 Å². The summed E-state index contributed by atoms with van der Waals surface area (Å²) in [6.45, 7) is 6.56. The second-order valence-corrected chi connectivity index (χ2v) is 6.40. The van der Waals surface area contributed by atoms with Crippen LogP contribution < -0.4 is 10.2 Å². The lowest BCUT2D eigenvalue weighted by Gasteiger charge is -2.33. The van der Waals surface area contributed by atoms with Gasteiger partial charge in [0.15, 0.2) is 0 Å². The molecule has 0 amide bonds. The summed E-state index contributed by atoms with van der Waals surface area (Å²) in [6, 6.07) is 0.720. The summed E-state index contributed by atoms with van der Waals surface area (Å²) in [7, 11) is 0. The highest BCUT2D eigenvalue weighted by Crippen LogP contribution is 2.39. The van der Waals surface area contributed by atoms with Gasteiger partial charge >= 0.3 is 0 Å². The van der Waals surface area contributed by atoms with Crippen LogP contribution >= 0.6 is 0 Å². The Morgan fingerprint density at radius 3 is 2.86 bits per heavy atom. The Labute approximate surface area is 128 Å². The third-order valence-electron chi connectivity index (χ3n) is 5.10. The van der Waals surface area contributed by atoms with Gasteiger partial charge in [-0.05, 0) is 38.0 Å². The molecular formula is C17H28N4. The second kappa shape index (κ2) is 6.63. The van der Waals surface area contributed by atoms with Gasteiger partial charge in [0.1, 0.15) is 18.0 Å². The van der Waals surface area contributed by atoms with Crippen LogP contribution in [0.3, 0.4) is 0 Å². The van der Waals surface area contributed by atoms with E-state index in [1.807, 2.05) is 0 Å². The number of anilines is 2. The first-order valence-electron chi connectivity index (χ1n) is 8.69. The van der Waals surface area contributed by atoms with E-state index in [0.29, 0.717) is 0 Å². The Hall–Kier alpha value is -1.32. The lowest BCUT2D eigenvalue weighted by molar-refractivity contribution is 0.341. The van der Waals surface area contributed by atoms with E-state index in [9.17, 15) is 0 Å². The van der Waals surface area contributed by atoms with Crippen molar-refractivity contribution in [3.8, 4) is 0 Å². The van der Waals surface area contributed by atoms with E-state index in [-0.39, 0.29) is 0 Å². The molecule has 4 heteroatoms. The van der Waals surface area contributed by atoms with Crippen molar-refractivity contribution in [2.24, 2.45) is 5.92 Å². The molecule has 1 aliphatic carbocycles. The smallest absolute Gasteiger partial charge is 0.137 e. The predicted molar refractivity (Wildman–Crippen MR) is 87.9 cm³/mol. The van der Waals surface area contributed by atoms with Crippen LogP contribution in [0.1, 0.15) is 57.9 Å². The fourth-order valence-electron chi connectivity index (χ4n) is 4.04. The Balaban J connectivity index is 1.87. The molecular weight excluding hydrogens is 260 g/mol. The van der Waals surface area contributed by atoms with Gasteiger partial charge in [-0.1, -0.05) is 26.7 Å². The number of nitrogens with zero attached hydrogens (tertiary/aromatic N) is 3. The molecule has 116 valence electrons. The third-order valence-corrected chi connectivity index (χ3v) is 5.10. The topological polar surface area (TPSA) is 41.1 Å². The highest BCUT2D eigenvalue weighted by Gasteiger charge is 2.37. The predicted octanol–water partition coefficient (Wildman–Crippen LogP) is 3.63. The van der Waals surface area contributed by atoms with Crippen LogP contribution in [0.25, 0.3) is 0 Å². The lowest BCUT2D eigenvalue weighted by atomic mass is 9.85. The van der Waals surface area contributed by atoms with E-state index in [1.54, 1.807) is 6.33 Å². The Kier molecular flexibility index (Phi) is 4.61. The molecule has 3 rings (SSSR count). The first-order valence-corrected chi connectivity index (χ1v) is 8.69. The van der Waals surface area contributed by atoms with Crippen LogP contribution in [0.4, 0.5) is 11.6 Å². The van der Waals surface area contributed by atoms with Crippen molar-refractivity contribution < 1.29 is 0 Å². The molecule has 21 heavy (non-hydrogen) atoms. The SMILES string of the molecule is CCCNc1ncnc(N2CCC3CCCCC32)c1CC. The minimum absolute atomic E-state index is 0.720. The highest BCUT2D eigenvalue weighted by molar-refractivity contribution is 5.60. The van der Waals surface area contributed by atoms with E-state index < -0.39 is 0 Å². The zero-order valence-electron chi connectivity index (χ0n) is 13.4. The van der Waals surface area contributed by atoms with Crippen LogP contribution in [-0.4, -0.2) is 29.1 Å². The number of hydrogen-bond acceptors (Lipinski definition) is 4. The largest absolute Gasteiger partial charge is 0.370 e. The maximum atomic E-state index is 4.67. The zero-order chi connectivity index (χ0) is 14.7. The average Bonchev–Trinajstić information content (AvgIpc) is 2.96. The first kappa shape index (κ1) is 14.6. The monoisotopic (exact) mass is 288 g/mol. The highest BCUT2D eigenvalue weighted by atomic mass is 15.2. The molecule has 1 saturated heterocycles. The molecule has 1 N–H and O–H groups in total. The van der Waals surface area contributed by atoms with Gasteiger partial charge in [0.2, 0.25) is 0 Å². The Morgan fingerprint density at radius 1 is 1.19 bits per heavy atom. The molecule has 0 spiro atoms. The molecule has 4 nitrogen and oxygen atoms in total. The van der Waals surface area contributed by atoms with Gasteiger partial charge in [-0.3, -0.25) is 0 Å². The fourth-order valence-corrected chi connectivity index (χ4v) is 4.04. The Bertz CT molecular complexity index is 474. The normalized spacial score (nSPS) is 25.0.